The quantitative estimate of drug-likeness (QED) is 0.797. The molecule has 0 saturated carbocycles. The van der Waals surface area contributed by atoms with Crippen LogP contribution in [0.4, 0.5) is 5.69 Å². The molecular formula is C18H19N3O. The van der Waals surface area contributed by atoms with E-state index in [1.54, 1.807) is 0 Å². The van der Waals surface area contributed by atoms with Crippen LogP contribution in [0.2, 0.25) is 0 Å². The van der Waals surface area contributed by atoms with E-state index in [4.69, 9.17) is 0 Å². The van der Waals surface area contributed by atoms with Crippen molar-refractivity contribution in [3.63, 3.8) is 0 Å². The van der Waals surface area contributed by atoms with Crippen LogP contribution in [0, 0.1) is 13.8 Å². The Morgan fingerprint density at radius 2 is 1.82 bits per heavy atom. The summed E-state index contributed by atoms with van der Waals surface area (Å²) in [6.07, 6.45) is 2.24. The molecule has 112 valence electrons. The van der Waals surface area contributed by atoms with Crippen LogP contribution in [0.25, 0.3) is 10.9 Å². The summed E-state index contributed by atoms with van der Waals surface area (Å²) in [6.45, 7) is 4.65. The topological polar surface area (TPSA) is 46.9 Å². The number of anilines is 1. The summed E-state index contributed by atoms with van der Waals surface area (Å²) in [5.41, 5.74) is 4.27. The standard InChI is InChI=1S/C18H19N3O/c1-13-4-7-16(8-5-13)20-18(22)9-10-21-17-11-14(2)3-6-15(17)12-19-21/h3-8,11-12H,9-10H2,1-2H3,(H,20,22). The second-order valence-corrected chi connectivity index (χ2v) is 5.59. The number of nitrogens with zero attached hydrogens (tertiary/aromatic N) is 2. The van der Waals surface area contributed by atoms with Crippen molar-refractivity contribution in [2.75, 3.05) is 5.32 Å². The Bertz CT molecular complexity index is 803. The van der Waals surface area contributed by atoms with E-state index in [0.29, 0.717) is 13.0 Å². The zero-order valence-corrected chi connectivity index (χ0v) is 12.8. The van der Waals surface area contributed by atoms with Crippen molar-refractivity contribution in [3.05, 3.63) is 59.8 Å². The van der Waals surface area contributed by atoms with Crippen molar-refractivity contribution in [2.24, 2.45) is 0 Å². The van der Waals surface area contributed by atoms with Crippen molar-refractivity contribution >= 4 is 22.5 Å². The molecule has 0 aliphatic rings. The number of benzene rings is 2. The van der Waals surface area contributed by atoms with Crippen LogP contribution in [-0.2, 0) is 11.3 Å². The van der Waals surface area contributed by atoms with E-state index < -0.39 is 0 Å². The monoisotopic (exact) mass is 293 g/mol. The van der Waals surface area contributed by atoms with Crippen LogP contribution in [0.3, 0.4) is 0 Å². The Morgan fingerprint density at radius 3 is 2.59 bits per heavy atom. The molecule has 2 aromatic carbocycles. The van der Waals surface area contributed by atoms with Gasteiger partial charge < -0.3 is 5.32 Å². The largest absolute Gasteiger partial charge is 0.326 e. The molecule has 0 spiro atoms. The third-order valence-corrected chi connectivity index (χ3v) is 3.69. The minimum absolute atomic E-state index is 0.000145. The summed E-state index contributed by atoms with van der Waals surface area (Å²) in [7, 11) is 0. The number of nitrogens with one attached hydrogen (secondary N) is 1. The van der Waals surface area contributed by atoms with E-state index in [2.05, 4.69) is 35.5 Å². The van der Waals surface area contributed by atoms with Gasteiger partial charge in [0.25, 0.3) is 0 Å². The molecule has 4 heteroatoms. The highest BCUT2D eigenvalue weighted by molar-refractivity contribution is 5.90. The molecule has 0 aliphatic heterocycles. The normalized spacial score (nSPS) is 10.8. The molecule has 0 atom stereocenters. The van der Waals surface area contributed by atoms with E-state index in [1.165, 1.54) is 11.1 Å². The fraction of sp³-hybridized carbons (Fsp3) is 0.222. The number of amides is 1. The Labute approximate surface area is 129 Å². The molecule has 4 nitrogen and oxygen atoms in total. The molecule has 0 radical (unpaired) electrons. The Morgan fingerprint density at radius 1 is 1.09 bits per heavy atom. The zero-order chi connectivity index (χ0) is 15.5. The molecular weight excluding hydrogens is 274 g/mol. The first-order valence-corrected chi connectivity index (χ1v) is 7.40. The van der Waals surface area contributed by atoms with Crippen molar-refractivity contribution in [3.8, 4) is 0 Å². The lowest BCUT2D eigenvalue weighted by Crippen LogP contribution is -2.14. The third kappa shape index (κ3) is 3.17. The molecule has 1 amide bonds. The maximum atomic E-state index is 12.0. The third-order valence-electron chi connectivity index (χ3n) is 3.69. The van der Waals surface area contributed by atoms with Gasteiger partial charge >= 0.3 is 0 Å². The highest BCUT2D eigenvalue weighted by Gasteiger charge is 2.06. The number of hydrogen-bond acceptors (Lipinski definition) is 2. The van der Waals surface area contributed by atoms with Crippen LogP contribution >= 0.6 is 0 Å². The second-order valence-electron chi connectivity index (χ2n) is 5.59. The maximum absolute atomic E-state index is 12.0. The lowest BCUT2D eigenvalue weighted by molar-refractivity contribution is -0.116. The van der Waals surface area contributed by atoms with Gasteiger partial charge in [-0.25, -0.2) is 0 Å². The number of carbonyl (C=O) groups is 1. The smallest absolute Gasteiger partial charge is 0.226 e. The SMILES string of the molecule is Cc1ccc(NC(=O)CCn2ncc3ccc(C)cc32)cc1. The summed E-state index contributed by atoms with van der Waals surface area (Å²) in [4.78, 5) is 12.0. The fourth-order valence-electron chi connectivity index (χ4n) is 2.43. The molecule has 0 unspecified atom stereocenters. The van der Waals surface area contributed by atoms with Gasteiger partial charge in [-0.15, -0.1) is 0 Å². The predicted molar refractivity (Wildman–Crippen MR) is 88.9 cm³/mol. The van der Waals surface area contributed by atoms with E-state index >= 15 is 0 Å². The summed E-state index contributed by atoms with van der Waals surface area (Å²) in [6, 6.07) is 14.0. The second kappa shape index (κ2) is 6.02. The molecule has 1 heterocycles. The molecule has 3 rings (SSSR count). The first-order chi connectivity index (χ1) is 10.6. The summed E-state index contributed by atoms with van der Waals surface area (Å²) in [5, 5.41) is 8.38. The van der Waals surface area contributed by atoms with E-state index in [1.807, 2.05) is 42.1 Å². The molecule has 0 fully saturated rings. The molecule has 22 heavy (non-hydrogen) atoms. The number of rotatable bonds is 4. The van der Waals surface area contributed by atoms with Crippen molar-refractivity contribution in [1.29, 1.82) is 0 Å². The molecule has 0 bridgehead atoms. The summed E-state index contributed by atoms with van der Waals surface area (Å²) < 4.78 is 1.89. The van der Waals surface area contributed by atoms with Gasteiger partial charge in [0.15, 0.2) is 0 Å². The van der Waals surface area contributed by atoms with E-state index in [-0.39, 0.29) is 5.91 Å². The number of fused-ring (bicyclic) bond motifs is 1. The van der Waals surface area contributed by atoms with Gasteiger partial charge in [0, 0.05) is 17.5 Å². The number of carbonyl (C=O) groups excluding carboxylic acids is 1. The Balaban J connectivity index is 1.64. The van der Waals surface area contributed by atoms with Crippen LogP contribution in [0.15, 0.2) is 48.7 Å². The number of aromatic nitrogens is 2. The van der Waals surface area contributed by atoms with Gasteiger partial charge in [-0.2, -0.15) is 5.10 Å². The lowest BCUT2D eigenvalue weighted by atomic mass is 10.2. The Hall–Kier alpha value is -2.62. The molecule has 0 aliphatic carbocycles. The molecule has 3 aromatic rings. The van der Waals surface area contributed by atoms with Crippen LogP contribution in [0.5, 0.6) is 0 Å². The van der Waals surface area contributed by atoms with Gasteiger partial charge in [-0.3, -0.25) is 9.48 Å². The molecule has 1 N–H and O–H groups in total. The van der Waals surface area contributed by atoms with Crippen LogP contribution < -0.4 is 5.32 Å². The average Bonchev–Trinajstić information content (AvgIpc) is 2.90. The van der Waals surface area contributed by atoms with Crippen molar-refractivity contribution in [2.45, 2.75) is 26.8 Å². The van der Waals surface area contributed by atoms with Crippen molar-refractivity contribution < 1.29 is 4.79 Å². The highest BCUT2D eigenvalue weighted by atomic mass is 16.1. The first kappa shape index (κ1) is 14.3. The average molecular weight is 293 g/mol. The highest BCUT2D eigenvalue weighted by Crippen LogP contribution is 2.16. The van der Waals surface area contributed by atoms with Gasteiger partial charge in [0.1, 0.15) is 0 Å². The van der Waals surface area contributed by atoms with E-state index in [0.717, 1.165) is 16.6 Å². The lowest BCUT2D eigenvalue weighted by Gasteiger charge is -2.07. The maximum Gasteiger partial charge on any atom is 0.226 e. The Kier molecular flexibility index (Phi) is 3.92. The fourth-order valence-corrected chi connectivity index (χ4v) is 2.43. The minimum Gasteiger partial charge on any atom is -0.326 e. The van der Waals surface area contributed by atoms with Crippen LogP contribution in [0.1, 0.15) is 17.5 Å². The minimum atomic E-state index is 0.000145. The number of hydrogen-bond donors (Lipinski definition) is 1. The van der Waals surface area contributed by atoms with E-state index in [9.17, 15) is 4.79 Å². The molecule has 1 aromatic heterocycles. The predicted octanol–water partition coefficient (Wildman–Crippen LogP) is 3.68. The van der Waals surface area contributed by atoms with Crippen LogP contribution in [-0.4, -0.2) is 15.7 Å². The molecule has 0 saturated heterocycles. The zero-order valence-electron chi connectivity index (χ0n) is 12.8. The summed E-state index contributed by atoms with van der Waals surface area (Å²) >= 11 is 0. The van der Waals surface area contributed by atoms with Gasteiger partial charge in [0.05, 0.1) is 18.3 Å². The first-order valence-electron chi connectivity index (χ1n) is 7.40. The van der Waals surface area contributed by atoms with Crippen molar-refractivity contribution in [1.82, 2.24) is 9.78 Å². The number of aryl methyl sites for hydroxylation is 3. The van der Waals surface area contributed by atoms with Gasteiger partial charge in [-0.05, 0) is 37.6 Å². The summed E-state index contributed by atoms with van der Waals surface area (Å²) in [5.74, 6) is 0.000145. The van der Waals surface area contributed by atoms with Gasteiger partial charge in [0.2, 0.25) is 5.91 Å². The van der Waals surface area contributed by atoms with Gasteiger partial charge in [-0.1, -0.05) is 29.8 Å².